The van der Waals surface area contributed by atoms with Gasteiger partial charge in [-0.1, -0.05) is 18.9 Å². The van der Waals surface area contributed by atoms with Crippen LogP contribution < -0.4 is 5.32 Å². The Kier molecular flexibility index (Phi) is 3.74. The van der Waals surface area contributed by atoms with Gasteiger partial charge in [0.25, 0.3) is 5.91 Å². The van der Waals surface area contributed by atoms with Crippen molar-refractivity contribution in [2.24, 2.45) is 5.92 Å². The summed E-state index contributed by atoms with van der Waals surface area (Å²) in [4.78, 5) is 15.3. The van der Waals surface area contributed by atoms with Gasteiger partial charge in [0.15, 0.2) is 0 Å². The van der Waals surface area contributed by atoms with E-state index in [-0.39, 0.29) is 17.9 Å². The van der Waals surface area contributed by atoms with Crippen LogP contribution in [0.2, 0.25) is 0 Å². The van der Waals surface area contributed by atoms with Crippen LogP contribution in [0.5, 0.6) is 0 Å². The van der Waals surface area contributed by atoms with Crippen LogP contribution in [-0.4, -0.2) is 28.6 Å². The number of aliphatic hydroxyl groups is 1. The smallest absolute Gasteiger partial charge is 0.251 e. The minimum Gasteiger partial charge on any atom is -0.393 e. The number of nitrogens with one attached hydrogen (secondary N) is 2. The van der Waals surface area contributed by atoms with Crippen LogP contribution in [0.15, 0.2) is 30.5 Å². The highest BCUT2D eigenvalue weighted by Gasteiger charge is 2.23. The summed E-state index contributed by atoms with van der Waals surface area (Å²) >= 11 is 0. The van der Waals surface area contributed by atoms with E-state index in [2.05, 4.69) is 10.3 Å². The monoisotopic (exact) mass is 272 g/mol. The van der Waals surface area contributed by atoms with Crippen LogP contribution in [0.4, 0.5) is 0 Å². The molecule has 0 bridgehead atoms. The minimum absolute atomic E-state index is 0.0701. The summed E-state index contributed by atoms with van der Waals surface area (Å²) in [5.74, 6) is 0.126. The number of amides is 1. The Morgan fingerprint density at radius 3 is 3.00 bits per heavy atom. The first kappa shape index (κ1) is 13.2. The predicted molar refractivity (Wildman–Crippen MR) is 78.6 cm³/mol. The van der Waals surface area contributed by atoms with Gasteiger partial charge in [0.1, 0.15) is 0 Å². The number of fused-ring (bicyclic) bond motifs is 1. The molecule has 3 rings (SSSR count). The van der Waals surface area contributed by atoms with E-state index in [1.54, 1.807) is 0 Å². The number of hydrogen-bond donors (Lipinski definition) is 3. The van der Waals surface area contributed by atoms with E-state index in [9.17, 15) is 9.90 Å². The Morgan fingerprint density at radius 1 is 1.30 bits per heavy atom. The number of rotatable bonds is 3. The Balaban J connectivity index is 1.63. The van der Waals surface area contributed by atoms with Crippen LogP contribution in [0, 0.1) is 5.92 Å². The lowest BCUT2D eigenvalue weighted by Crippen LogP contribution is -2.36. The van der Waals surface area contributed by atoms with E-state index >= 15 is 0 Å². The van der Waals surface area contributed by atoms with Crippen molar-refractivity contribution in [3.05, 3.63) is 36.0 Å². The van der Waals surface area contributed by atoms with Crippen LogP contribution in [0.1, 0.15) is 36.0 Å². The minimum atomic E-state index is -0.269. The molecule has 4 nitrogen and oxygen atoms in total. The number of aromatic amines is 1. The van der Waals surface area contributed by atoms with Crippen molar-refractivity contribution in [2.45, 2.75) is 31.8 Å². The van der Waals surface area contributed by atoms with E-state index < -0.39 is 0 Å². The highest BCUT2D eigenvalue weighted by atomic mass is 16.3. The molecule has 2 unspecified atom stereocenters. The lowest BCUT2D eigenvalue weighted by molar-refractivity contribution is 0.0663. The molecule has 1 fully saturated rings. The molecule has 1 aromatic carbocycles. The van der Waals surface area contributed by atoms with Gasteiger partial charge >= 0.3 is 0 Å². The van der Waals surface area contributed by atoms with Gasteiger partial charge in [-0.3, -0.25) is 4.79 Å². The Bertz CT molecular complexity index is 605. The summed E-state index contributed by atoms with van der Waals surface area (Å²) < 4.78 is 0. The summed E-state index contributed by atoms with van der Waals surface area (Å²) in [6.07, 6.45) is 5.69. The van der Waals surface area contributed by atoms with E-state index in [0.29, 0.717) is 12.1 Å². The highest BCUT2D eigenvalue weighted by molar-refractivity contribution is 5.97. The number of H-pyrrole nitrogens is 1. The molecule has 1 saturated carbocycles. The first-order valence-corrected chi connectivity index (χ1v) is 7.27. The lowest BCUT2D eigenvalue weighted by atomic mass is 9.86. The third-order valence-corrected chi connectivity index (χ3v) is 4.21. The number of aromatic nitrogens is 1. The molecular weight excluding hydrogens is 252 g/mol. The molecule has 1 aliphatic carbocycles. The first-order valence-electron chi connectivity index (χ1n) is 7.27. The number of benzene rings is 1. The maximum Gasteiger partial charge on any atom is 0.251 e. The van der Waals surface area contributed by atoms with E-state index in [1.807, 2.05) is 30.5 Å². The van der Waals surface area contributed by atoms with Crippen molar-refractivity contribution < 1.29 is 9.90 Å². The molecule has 0 aliphatic heterocycles. The summed E-state index contributed by atoms with van der Waals surface area (Å²) in [6, 6.07) is 7.62. The fourth-order valence-corrected chi connectivity index (χ4v) is 2.94. The maximum absolute atomic E-state index is 12.2. The summed E-state index contributed by atoms with van der Waals surface area (Å²) in [5.41, 5.74) is 1.63. The zero-order chi connectivity index (χ0) is 13.9. The summed E-state index contributed by atoms with van der Waals surface area (Å²) in [5, 5.41) is 14.0. The van der Waals surface area contributed by atoms with Crippen molar-refractivity contribution in [3.8, 4) is 0 Å². The molecule has 20 heavy (non-hydrogen) atoms. The van der Waals surface area contributed by atoms with Crippen LogP contribution in [0.25, 0.3) is 10.9 Å². The van der Waals surface area contributed by atoms with E-state index in [4.69, 9.17) is 0 Å². The molecule has 0 radical (unpaired) electrons. The standard InChI is InChI=1S/C16H20N2O2/c19-15-4-2-1-3-13(15)10-18-16(20)12-6-5-11-7-8-17-14(11)9-12/h5-9,13,15,17,19H,1-4,10H2,(H,18,20). The molecule has 2 aromatic rings. The number of carbonyl (C=O) groups is 1. The number of aliphatic hydroxyl groups excluding tert-OH is 1. The Hall–Kier alpha value is -1.81. The van der Waals surface area contributed by atoms with Crippen LogP contribution in [0.3, 0.4) is 0 Å². The van der Waals surface area contributed by atoms with E-state index in [1.165, 1.54) is 0 Å². The molecule has 106 valence electrons. The quantitative estimate of drug-likeness (QED) is 0.803. The van der Waals surface area contributed by atoms with Crippen LogP contribution >= 0.6 is 0 Å². The van der Waals surface area contributed by atoms with Gasteiger partial charge in [0.05, 0.1) is 6.10 Å². The SMILES string of the molecule is O=C(NCC1CCCCC1O)c1ccc2cc[nH]c2c1. The van der Waals surface area contributed by atoms with Gasteiger partial charge < -0.3 is 15.4 Å². The first-order chi connectivity index (χ1) is 9.74. The zero-order valence-corrected chi connectivity index (χ0v) is 11.4. The van der Waals surface area contributed by atoms with Crippen molar-refractivity contribution in [2.75, 3.05) is 6.54 Å². The second kappa shape index (κ2) is 5.67. The van der Waals surface area contributed by atoms with Crippen molar-refractivity contribution in [1.29, 1.82) is 0 Å². The van der Waals surface area contributed by atoms with Crippen molar-refractivity contribution >= 4 is 16.8 Å². The van der Waals surface area contributed by atoms with Gasteiger partial charge in [-0.2, -0.15) is 0 Å². The predicted octanol–water partition coefficient (Wildman–Crippen LogP) is 2.45. The molecule has 0 spiro atoms. The Morgan fingerprint density at radius 2 is 2.15 bits per heavy atom. The molecule has 4 heteroatoms. The normalized spacial score (nSPS) is 22.9. The summed E-state index contributed by atoms with van der Waals surface area (Å²) in [6.45, 7) is 0.558. The van der Waals surface area contributed by atoms with Gasteiger partial charge in [-0.05, 0) is 36.4 Å². The topological polar surface area (TPSA) is 65.1 Å². The second-order valence-electron chi connectivity index (χ2n) is 5.60. The van der Waals surface area contributed by atoms with Gasteiger partial charge in [0, 0.05) is 29.7 Å². The van der Waals surface area contributed by atoms with Gasteiger partial charge in [-0.15, -0.1) is 0 Å². The molecule has 1 amide bonds. The molecule has 3 N–H and O–H groups in total. The fourth-order valence-electron chi connectivity index (χ4n) is 2.94. The zero-order valence-electron chi connectivity index (χ0n) is 11.4. The van der Waals surface area contributed by atoms with Gasteiger partial charge in [-0.25, -0.2) is 0 Å². The third kappa shape index (κ3) is 2.70. The number of carbonyl (C=O) groups excluding carboxylic acids is 1. The average Bonchev–Trinajstić information content (AvgIpc) is 2.93. The molecule has 1 aliphatic rings. The van der Waals surface area contributed by atoms with E-state index in [0.717, 1.165) is 36.6 Å². The summed E-state index contributed by atoms with van der Waals surface area (Å²) in [7, 11) is 0. The van der Waals surface area contributed by atoms with Gasteiger partial charge in [0.2, 0.25) is 0 Å². The third-order valence-electron chi connectivity index (χ3n) is 4.21. The Labute approximate surface area is 118 Å². The average molecular weight is 272 g/mol. The second-order valence-corrected chi connectivity index (χ2v) is 5.60. The molecule has 0 saturated heterocycles. The van der Waals surface area contributed by atoms with Crippen molar-refractivity contribution in [1.82, 2.24) is 10.3 Å². The highest BCUT2D eigenvalue weighted by Crippen LogP contribution is 2.23. The lowest BCUT2D eigenvalue weighted by Gasteiger charge is -2.27. The fraction of sp³-hybridized carbons (Fsp3) is 0.438. The maximum atomic E-state index is 12.2. The number of hydrogen-bond acceptors (Lipinski definition) is 2. The van der Waals surface area contributed by atoms with Crippen LogP contribution in [-0.2, 0) is 0 Å². The molecular formula is C16H20N2O2. The molecule has 2 atom stereocenters. The molecule has 1 heterocycles. The largest absolute Gasteiger partial charge is 0.393 e. The van der Waals surface area contributed by atoms with Crippen molar-refractivity contribution in [3.63, 3.8) is 0 Å². The molecule has 1 aromatic heterocycles.